The van der Waals surface area contributed by atoms with Crippen molar-refractivity contribution in [3.8, 4) is 0 Å². The average Bonchev–Trinajstić information content (AvgIpc) is 2.77. The Bertz CT molecular complexity index is 379. The molecule has 0 bridgehead atoms. The number of aryl methyl sites for hydroxylation is 1. The number of nitrogens with zero attached hydrogens (tertiary/aromatic N) is 2. The first-order chi connectivity index (χ1) is 8.27. The molecule has 0 saturated heterocycles. The molecule has 1 atom stereocenters. The van der Waals surface area contributed by atoms with Crippen molar-refractivity contribution < 1.29 is 0 Å². The van der Waals surface area contributed by atoms with Gasteiger partial charge in [0.15, 0.2) is 0 Å². The first kappa shape index (κ1) is 12.4. The summed E-state index contributed by atoms with van der Waals surface area (Å²) < 4.78 is 1.94. The molecule has 0 saturated carbocycles. The van der Waals surface area contributed by atoms with Gasteiger partial charge >= 0.3 is 0 Å². The maximum Gasteiger partial charge on any atom is 0.0547 e. The zero-order chi connectivity index (χ0) is 12.1. The van der Waals surface area contributed by atoms with E-state index >= 15 is 0 Å². The average molecular weight is 233 g/mol. The van der Waals surface area contributed by atoms with Crippen LogP contribution in [-0.4, -0.2) is 16.3 Å². The minimum Gasteiger partial charge on any atom is -0.309 e. The van der Waals surface area contributed by atoms with E-state index in [1.54, 1.807) is 5.57 Å². The van der Waals surface area contributed by atoms with Crippen LogP contribution in [0.3, 0.4) is 0 Å². The van der Waals surface area contributed by atoms with Crippen LogP contribution in [0, 0.1) is 0 Å². The first-order valence-corrected chi connectivity index (χ1v) is 6.66. The summed E-state index contributed by atoms with van der Waals surface area (Å²) in [4.78, 5) is 0. The molecule has 1 aromatic heterocycles. The molecular weight excluding hydrogens is 210 g/mol. The Labute approximate surface area is 104 Å². The van der Waals surface area contributed by atoms with Crippen LogP contribution < -0.4 is 5.32 Å². The van der Waals surface area contributed by atoms with Gasteiger partial charge in [-0.1, -0.05) is 11.6 Å². The van der Waals surface area contributed by atoms with Crippen LogP contribution in [0.1, 0.15) is 50.8 Å². The molecule has 0 aliphatic heterocycles. The van der Waals surface area contributed by atoms with Crippen molar-refractivity contribution in [2.45, 2.75) is 45.1 Å². The summed E-state index contributed by atoms with van der Waals surface area (Å²) in [6.07, 6.45) is 10.8. The van der Waals surface area contributed by atoms with Gasteiger partial charge in [0.25, 0.3) is 0 Å². The van der Waals surface area contributed by atoms with Gasteiger partial charge in [-0.15, -0.1) is 0 Å². The van der Waals surface area contributed by atoms with Gasteiger partial charge in [-0.05, 0) is 51.6 Å². The molecule has 1 aromatic rings. The van der Waals surface area contributed by atoms with Gasteiger partial charge in [-0.3, -0.25) is 4.68 Å². The second kappa shape index (κ2) is 6.01. The molecule has 1 aliphatic carbocycles. The highest BCUT2D eigenvalue weighted by molar-refractivity contribution is 5.07. The van der Waals surface area contributed by atoms with Crippen molar-refractivity contribution in [2.75, 3.05) is 6.54 Å². The van der Waals surface area contributed by atoms with Crippen molar-refractivity contribution in [1.82, 2.24) is 15.1 Å². The minimum atomic E-state index is 0.381. The number of hydrogen-bond donors (Lipinski definition) is 1. The highest BCUT2D eigenvalue weighted by Crippen LogP contribution is 2.20. The Kier molecular flexibility index (Phi) is 4.37. The molecule has 0 aromatic carbocycles. The molecule has 94 valence electrons. The Morgan fingerprint density at radius 1 is 1.47 bits per heavy atom. The van der Waals surface area contributed by atoms with Crippen LogP contribution in [0.5, 0.6) is 0 Å². The molecular formula is C14H23N3. The topological polar surface area (TPSA) is 29.9 Å². The zero-order valence-electron chi connectivity index (χ0n) is 10.9. The van der Waals surface area contributed by atoms with Crippen molar-refractivity contribution in [3.05, 3.63) is 29.6 Å². The van der Waals surface area contributed by atoms with Gasteiger partial charge in [-0.2, -0.15) is 5.10 Å². The van der Waals surface area contributed by atoms with Gasteiger partial charge in [0.05, 0.1) is 5.69 Å². The van der Waals surface area contributed by atoms with Crippen LogP contribution in [0.4, 0.5) is 0 Å². The SMILES string of the molecule is CC(NCCC1=CCCCC1)c1ccnn1C. The second-order valence-electron chi connectivity index (χ2n) is 4.91. The minimum absolute atomic E-state index is 0.381. The predicted molar refractivity (Wildman–Crippen MR) is 70.8 cm³/mol. The molecule has 1 N–H and O–H groups in total. The zero-order valence-corrected chi connectivity index (χ0v) is 10.9. The lowest BCUT2D eigenvalue weighted by Crippen LogP contribution is -2.22. The fourth-order valence-electron chi connectivity index (χ4n) is 2.49. The normalized spacial score (nSPS) is 17.9. The van der Waals surface area contributed by atoms with Gasteiger partial charge in [0.2, 0.25) is 0 Å². The van der Waals surface area contributed by atoms with E-state index in [0.717, 1.165) is 6.54 Å². The number of nitrogens with one attached hydrogen (secondary N) is 1. The maximum absolute atomic E-state index is 4.20. The Hall–Kier alpha value is -1.09. The lowest BCUT2D eigenvalue weighted by atomic mass is 9.97. The van der Waals surface area contributed by atoms with E-state index in [1.807, 2.05) is 17.9 Å². The number of aromatic nitrogens is 2. The van der Waals surface area contributed by atoms with E-state index in [1.165, 1.54) is 37.8 Å². The third-order valence-electron chi connectivity index (χ3n) is 3.58. The van der Waals surface area contributed by atoms with E-state index in [-0.39, 0.29) is 0 Å². The highest BCUT2D eigenvalue weighted by Gasteiger charge is 2.09. The number of hydrogen-bond acceptors (Lipinski definition) is 2. The molecule has 0 radical (unpaired) electrons. The smallest absolute Gasteiger partial charge is 0.0547 e. The molecule has 0 amide bonds. The molecule has 3 nitrogen and oxygen atoms in total. The summed E-state index contributed by atoms with van der Waals surface area (Å²) >= 11 is 0. The Morgan fingerprint density at radius 2 is 2.35 bits per heavy atom. The quantitative estimate of drug-likeness (QED) is 0.792. The summed E-state index contributed by atoms with van der Waals surface area (Å²) in [5.41, 5.74) is 2.89. The number of rotatable bonds is 5. The molecule has 3 heteroatoms. The van der Waals surface area contributed by atoms with Gasteiger partial charge < -0.3 is 5.32 Å². The van der Waals surface area contributed by atoms with E-state index in [9.17, 15) is 0 Å². The lowest BCUT2D eigenvalue weighted by molar-refractivity contribution is 0.526. The van der Waals surface area contributed by atoms with Crippen molar-refractivity contribution >= 4 is 0 Å². The van der Waals surface area contributed by atoms with Crippen LogP contribution in [-0.2, 0) is 7.05 Å². The third kappa shape index (κ3) is 3.43. The fraction of sp³-hybridized carbons (Fsp3) is 0.643. The molecule has 1 heterocycles. The van der Waals surface area contributed by atoms with E-state index < -0.39 is 0 Å². The molecule has 2 rings (SSSR count). The summed E-state index contributed by atoms with van der Waals surface area (Å²) in [7, 11) is 2.00. The maximum atomic E-state index is 4.20. The van der Waals surface area contributed by atoms with Crippen molar-refractivity contribution in [2.24, 2.45) is 7.05 Å². The Morgan fingerprint density at radius 3 is 3.00 bits per heavy atom. The van der Waals surface area contributed by atoms with E-state index in [4.69, 9.17) is 0 Å². The molecule has 0 spiro atoms. The molecule has 17 heavy (non-hydrogen) atoms. The van der Waals surface area contributed by atoms with Crippen LogP contribution >= 0.6 is 0 Å². The second-order valence-corrected chi connectivity index (χ2v) is 4.91. The van der Waals surface area contributed by atoms with Gasteiger partial charge in [0.1, 0.15) is 0 Å². The summed E-state index contributed by atoms with van der Waals surface area (Å²) in [6.45, 7) is 3.27. The summed E-state index contributed by atoms with van der Waals surface area (Å²) in [6, 6.07) is 2.46. The van der Waals surface area contributed by atoms with Gasteiger partial charge in [0, 0.05) is 19.3 Å². The molecule has 1 aliphatic rings. The summed E-state index contributed by atoms with van der Waals surface area (Å²) in [5.74, 6) is 0. The monoisotopic (exact) mass is 233 g/mol. The molecule has 0 fully saturated rings. The van der Waals surface area contributed by atoms with Crippen LogP contribution in [0.15, 0.2) is 23.9 Å². The van der Waals surface area contributed by atoms with Gasteiger partial charge in [-0.25, -0.2) is 0 Å². The fourth-order valence-corrected chi connectivity index (χ4v) is 2.49. The summed E-state index contributed by atoms with van der Waals surface area (Å²) in [5, 5.41) is 7.77. The lowest BCUT2D eigenvalue weighted by Gasteiger charge is -2.16. The highest BCUT2D eigenvalue weighted by atomic mass is 15.3. The van der Waals surface area contributed by atoms with E-state index in [0.29, 0.717) is 6.04 Å². The van der Waals surface area contributed by atoms with Crippen molar-refractivity contribution in [1.29, 1.82) is 0 Å². The Balaban J connectivity index is 1.75. The first-order valence-electron chi connectivity index (χ1n) is 6.66. The van der Waals surface area contributed by atoms with Crippen LogP contribution in [0.25, 0.3) is 0 Å². The van der Waals surface area contributed by atoms with Crippen molar-refractivity contribution in [3.63, 3.8) is 0 Å². The molecule has 1 unspecified atom stereocenters. The van der Waals surface area contributed by atoms with Crippen LogP contribution in [0.2, 0.25) is 0 Å². The number of allylic oxidation sites excluding steroid dienone is 1. The largest absolute Gasteiger partial charge is 0.309 e. The third-order valence-corrected chi connectivity index (χ3v) is 3.58. The standard InChI is InChI=1S/C14H23N3/c1-12(14-9-11-16-17(14)2)15-10-8-13-6-4-3-5-7-13/h6,9,11-12,15H,3-5,7-8,10H2,1-2H3. The van der Waals surface area contributed by atoms with E-state index in [2.05, 4.69) is 29.5 Å². The predicted octanol–water partition coefficient (Wildman–Crippen LogP) is 2.96.